The SMILES string of the molecule is CC1CCCC(NCc2ccccc2Br)C1C. The molecule has 0 saturated heterocycles. The fourth-order valence-electron chi connectivity index (χ4n) is 2.75. The highest BCUT2D eigenvalue weighted by Crippen LogP contribution is 2.29. The largest absolute Gasteiger partial charge is 0.310 e. The lowest BCUT2D eigenvalue weighted by Gasteiger charge is -2.34. The highest BCUT2D eigenvalue weighted by molar-refractivity contribution is 9.10. The Morgan fingerprint density at radius 1 is 1.24 bits per heavy atom. The lowest BCUT2D eigenvalue weighted by molar-refractivity contribution is 0.206. The Hall–Kier alpha value is -0.340. The third-order valence-electron chi connectivity index (χ3n) is 4.22. The Morgan fingerprint density at radius 2 is 2.00 bits per heavy atom. The van der Waals surface area contributed by atoms with Gasteiger partial charge in [-0.15, -0.1) is 0 Å². The molecule has 1 aromatic carbocycles. The fourth-order valence-corrected chi connectivity index (χ4v) is 3.18. The Morgan fingerprint density at radius 3 is 2.76 bits per heavy atom. The van der Waals surface area contributed by atoms with Gasteiger partial charge in [-0.05, 0) is 29.9 Å². The molecule has 2 heteroatoms. The molecule has 0 spiro atoms. The lowest BCUT2D eigenvalue weighted by atomic mass is 9.78. The van der Waals surface area contributed by atoms with E-state index in [0.717, 1.165) is 18.4 Å². The zero-order chi connectivity index (χ0) is 12.3. The molecule has 0 amide bonds. The first kappa shape index (κ1) is 13.1. The highest BCUT2D eigenvalue weighted by atomic mass is 79.9. The van der Waals surface area contributed by atoms with Crippen LogP contribution in [0.15, 0.2) is 28.7 Å². The van der Waals surface area contributed by atoms with E-state index in [4.69, 9.17) is 0 Å². The Kier molecular flexibility index (Phi) is 4.63. The van der Waals surface area contributed by atoms with Crippen molar-refractivity contribution in [3.63, 3.8) is 0 Å². The number of hydrogen-bond donors (Lipinski definition) is 1. The van der Waals surface area contributed by atoms with Crippen LogP contribution in [0.25, 0.3) is 0 Å². The van der Waals surface area contributed by atoms with Crippen LogP contribution in [-0.2, 0) is 6.54 Å². The van der Waals surface area contributed by atoms with Crippen LogP contribution in [-0.4, -0.2) is 6.04 Å². The molecule has 0 aromatic heterocycles. The van der Waals surface area contributed by atoms with Crippen LogP contribution >= 0.6 is 15.9 Å². The second kappa shape index (κ2) is 6.01. The van der Waals surface area contributed by atoms with Gasteiger partial charge in [0.25, 0.3) is 0 Å². The van der Waals surface area contributed by atoms with Crippen molar-refractivity contribution >= 4 is 15.9 Å². The molecule has 1 N–H and O–H groups in total. The monoisotopic (exact) mass is 295 g/mol. The summed E-state index contributed by atoms with van der Waals surface area (Å²) in [6.07, 6.45) is 4.10. The van der Waals surface area contributed by atoms with E-state index in [-0.39, 0.29) is 0 Å². The molecule has 0 heterocycles. The molecule has 2 rings (SSSR count). The average Bonchev–Trinajstić information content (AvgIpc) is 2.33. The van der Waals surface area contributed by atoms with Crippen LogP contribution in [0, 0.1) is 11.8 Å². The van der Waals surface area contributed by atoms with Gasteiger partial charge < -0.3 is 5.32 Å². The summed E-state index contributed by atoms with van der Waals surface area (Å²) in [6, 6.07) is 9.16. The van der Waals surface area contributed by atoms with Gasteiger partial charge >= 0.3 is 0 Å². The van der Waals surface area contributed by atoms with Gasteiger partial charge in [0, 0.05) is 17.1 Å². The molecule has 0 radical (unpaired) electrons. The maximum atomic E-state index is 3.73. The third-order valence-corrected chi connectivity index (χ3v) is 4.99. The minimum atomic E-state index is 0.686. The summed E-state index contributed by atoms with van der Waals surface area (Å²) in [5, 5.41) is 3.73. The third kappa shape index (κ3) is 3.32. The maximum absolute atomic E-state index is 3.73. The molecule has 94 valence electrons. The first-order valence-corrected chi connectivity index (χ1v) is 7.44. The first-order valence-electron chi connectivity index (χ1n) is 6.65. The maximum Gasteiger partial charge on any atom is 0.0220 e. The normalized spacial score (nSPS) is 29.2. The smallest absolute Gasteiger partial charge is 0.0220 e. The van der Waals surface area contributed by atoms with Gasteiger partial charge in [0.15, 0.2) is 0 Å². The minimum Gasteiger partial charge on any atom is -0.310 e. The molecule has 17 heavy (non-hydrogen) atoms. The molecule has 1 aromatic rings. The van der Waals surface area contributed by atoms with Gasteiger partial charge in [-0.25, -0.2) is 0 Å². The van der Waals surface area contributed by atoms with E-state index in [1.807, 2.05) is 0 Å². The van der Waals surface area contributed by atoms with Gasteiger partial charge in [-0.2, -0.15) is 0 Å². The second-order valence-corrected chi connectivity index (χ2v) is 6.20. The molecule has 1 aliphatic rings. The lowest BCUT2D eigenvalue weighted by Crippen LogP contribution is -2.40. The van der Waals surface area contributed by atoms with Crippen molar-refractivity contribution in [3.8, 4) is 0 Å². The number of benzene rings is 1. The highest BCUT2D eigenvalue weighted by Gasteiger charge is 2.26. The molecular formula is C15H22BrN. The Balaban J connectivity index is 1.92. The van der Waals surface area contributed by atoms with Gasteiger partial charge in [0.1, 0.15) is 0 Å². The van der Waals surface area contributed by atoms with Gasteiger partial charge in [0.05, 0.1) is 0 Å². The van der Waals surface area contributed by atoms with Crippen molar-refractivity contribution < 1.29 is 0 Å². The summed E-state index contributed by atoms with van der Waals surface area (Å²) in [4.78, 5) is 0. The summed E-state index contributed by atoms with van der Waals surface area (Å²) in [7, 11) is 0. The predicted molar refractivity (Wildman–Crippen MR) is 76.9 cm³/mol. The Bertz CT molecular complexity index is 364. The zero-order valence-corrected chi connectivity index (χ0v) is 12.3. The van der Waals surface area contributed by atoms with E-state index in [1.54, 1.807) is 0 Å². The molecular weight excluding hydrogens is 274 g/mol. The molecule has 0 aliphatic heterocycles. The van der Waals surface area contributed by atoms with Crippen molar-refractivity contribution in [3.05, 3.63) is 34.3 Å². The van der Waals surface area contributed by atoms with E-state index in [0.29, 0.717) is 6.04 Å². The summed E-state index contributed by atoms with van der Waals surface area (Å²) < 4.78 is 1.21. The molecule has 3 unspecified atom stereocenters. The number of rotatable bonds is 3. The van der Waals surface area contributed by atoms with Crippen molar-refractivity contribution in [2.45, 2.75) is 45.7 Å². The zero-order valence-electron chi connectivity index (χ0n) is 10.7. The van der Waals surface area contributed by atoms with Crippen molar-refractivity contribution in [2.24, 2.45) is 11.8 Å². The topological polar surface area (TPSA) is 12.0 Å². The number of nitrogens with one attached hydrogen (secondary N) is 1. The Labute approximate surface area is 113 Å². The molecule has 0 bridgehead atoms. The van der Waals surface area contributed by atoms with Crippen LogP contribution in [0.3, 0.4) is 0 Å². The summed E-state index contributed by atoms with van der Waals surface area (Å²) >= 11 is 3.61. The second-order valence-electron chi connectivity index (χ2n) is 5.35. The van der Waals surface area contributed by atoms with Crippen LogP contribution in [0.2, 0.25) is 0 Å². The standard InChI is InChI=1S/C15H22BrN/c1-11-6-5-9-15(12(11)2)17-10-13-7-3-4-8-14(13)16/h3-4,7-8,11-12,15,17H,5-6,9-10H2,1-2H3. The van der Waals surface area contributed by atoms with Gasteiger partial charge in [-0.3, -0.25) is 0 Å². The van der Waals surface area contributed by atoms with Crippen LogP contribution in [0.1, 0.15) is 38.7 Å². The molecule has 1 saturated carbocycles. The molecule has 3 atom stereocenters. The van der Waals surface area contributed by atoms with Gasteiger partial charge in [0.2, 0.25) is 0 Å². The summed E-state index contributed by atoms with van der Waals surface area (Å²) in [5.74, 6) is 1.66. The van der Waals surface area contributed by atoms with Crippen molar-refractivity contribution in [1.82, 2.24) is 5.32 Å². The molecule has 1 nitrogen and oxygen atoms in total. The van der Waals surface area contributed by atoms with E-state index in [9.17, 15) is 0 Å². The van der Waals surface area contributed by atoms with Crippen molar-refractivity contribution in [2.75, 3.05) is 0 Å². The van der Waals surface area contributed by atoms with E-state index >= 15 is 0 Å². The van der Waals surface area contributed by atoms with Gasteiger partial charge in [-0.1, -0.05) is 60.8 Å². The van der Waals surface area contributed by atoms with Crippen LogP contribution in [0.4, 0.5) is 0 Å². The van der Waals surface area contributed by atoms with Crippen LogP contribution < -0.4 is 5.32 Å². The quantitative estimate of drug-likeness (QED) is 0.873. The van der Waals surface area contributed by atoms with E-state index in [1.165, 1.54) is 29.3 Å². The first-order chi connectivity index (χ1) is 8.18. The average molecular weight is 296 g/mol. The van der Waals surface area contributed by atoms with E-state index in [2.05, 4.69) is 59.4 Å². The summed E-state index contributed by atoms with van der Waals surface area (Å²) in [5.41, 5.74) is 1.36. The minimum absolute atomic E-state index is 0.686. The van der Waals surface area contributed by atoms with Crippen LogP contribution in [0.5, 0.6) is 0 Å². The fraction of sp³-hybridized carbons (Fsp3) is 0.600. The summed E-state index contributed by atoms with van der Waals surface area (Å²) in [6.45, 7) is 5.75. The predicted octanol–water partition coefficient (Wildman–Crippen LogP) is 4.36. The molecule has 1 aliphatic carbocycles. The van der Waals surface area contributed by atoms with E-state index < -0.39 is 0 Å². The van der Waals surface area contributed by atoms with Crippen molar-refractivity contribution in [1.29, 1.82) is 0 Å². The molecule has 1 fully saturated rings. The number of halogens is 1. The number of hydrogen-bond acceptors (Lipinski definition) is 1.